The number of nitro groups is 3. The number of non-ortho nitro benzene ring substituents is 3. The van der Waals surface area contributed by atoms with Crippen molar-refractivity contribution in [3.63, 3.8) is 0 Å². The van der Waals surface area contributed by atoms with Crippen molar-refractivity contribution in [1.82, 2.24) is 0 Å². The van der Waals surface area contributed by atoms with E-state index in [9.17, 15) is 39.9 Å². The highest BCUT2D eigenvalue weighted by Gasteiger charge is 2.16. The minimum Gasteiger partial charge on any atom is -0.464 e. The number of hydrogen-bond acceptors (Lipinski definition) is 20. The van der Waals surface area contributed by atoms with Crippen molar-refractivity contribution in [3.8, 4) is 12.1 Å². The van der Waals surface area contributed by atoms with E-state index >= 15 is 0 Å². The maximum absolute atomic E-state index is 12.4. The van der Waals surface area contributed by atoms with Gasteiger partial charge in [-0.3, -0.25) is 39.9 Å². The predicted molar refractivity (Wildman–Crippen MR) is 326 cm³/mol. The number of nitro benzene ring substituents is 3. The molecular weight excluding hydrogens is 1130 g/mol. The fourth-order valence-corrected chi connectivity index (χ4v) is 8.27. The van der Waals surface area contributed by atoms with Crippen molar-refractivity contribution < 1.29 is 29.1 Å². The van der Waals surface area contributed by atoms with Gasteiger partial charge >= 0.3 is 5.97 Å². The van der Waals surface area contributed by atoms with E-state index in [0.717, 1.165) is 48.7 Å². The molecule has 0 atom stereocenters. The van der Waals surface area contributed by atoms with Crippen LogP contribution in [-0.4, -0.2) is 72.4 Å². The average Bonchev–Trinajstić information content (AvgIpc) is 3.66. The molecule has 25 heteroatoms. The third-order valence-corrected chi connectivity index (χ3v) is 12.6. The molecule has 23 nitrogen and oxygen atoms in total. The van der Waals surface area contributed by atoms with Crippen molar-refractivity contribution in [2.24, 2.45) is 30.7 Å². The maximum atomic E-state index is 12.4. The van der Waals surface area contributed by atoms with Gasteiger partial charge in [0.05, 0.1) is 84.8 Å². The number of ether oxygens (including phenoxy) is 1. The molecule has 0 saturated heterocycles. The van der Waals surface area contributed by atoms with Crippen LogP contribution in [0.2, 0.25) is 10.0 Å². The fraction of sp³-hybridized carbons (Fsp3) is 0.233. The Morgan fingerprint density at radius 3 is 1.25 bits per heavy atom. The van der Waals surface area contributed by atoms with Crippen LogP contribution in [-0.2, 0) is 9.53 Å². The SMILES string of the molecule is CC(=O)OCCN(CCC#N)c1ccc(N=Nc2c(Cl)cc([N+](=O)[O-])cc2Cl)cc1.CCCN(CC)c1ccc(N=Nc2ccc([N+](=O)[O-])cc2)cc1.N#CCCN(CCC(=O)c1ccccc1)c1ccc(N=Nc2ccc([N+](=O)[O-])cc2)cc1. The normalized spacial score (nSPS) is 10.7. The lowest BCUT2D eigenvalue weighted by Crippen LogP contribution is -2.28. The smallest absolute Gasteiger partial charge is 0.302 e. The maximum Gasteiger partial charge on any atom is 0.302 e. The molecule has 0 aliphatic heterocycles. The Morgan fingerprint density at radius 1 is 0.506 bits per heavy atom. The third kappa shape index (κ3) is 22.1. The van der Waals surface area contributed by atoms with Crippen molar-refractivity contribution in [2.45, 2.75) is 46.5 Å². The van der Waals surface area contributed by atoms with Gasteiger partial charge in [0.1, 0.15) is 12.3 Å². The predicted octanol–water partition coefficient (Wildman–Crippen LogP) is 16.8. The summed E-state index contributed by atoms with van der Waals surface area (Å²) in [5, 5.41) is 74.6. The first kappa shape index (κ1) is 65.5. The highest BCUT2D eigenvalue weighted by molar-refractivity contribution is 6.39. The Morgan fingerprint density at radius 2 is 0.882 bits per heavy atom. The zero-order valence-electron chi connectivity index (χ0n) is 46.6. The Kier molecular flexibility index (Phi) is 26.8. The summed E-state index contributed by atoms with van der Waals surface area (Å²) in [4.78, 5) is 60.2. The number of nitrogens with zero attached hydrogens (tertiary/aromatic N) is 14. The molecule has 0 heterocycles. The van der Waals surface area contributed by atoms with Crippen molar-refractivity contribution >= 4 is 103 Å². The van der Waals surface area contributed by atoms with Crippen LogP contribution in [0.1, 0.15) is 56.8 Å². The summed E-state index contributed by atoms with van der Waals surface area (Å²) in [5.74, 6) is -0.310. The van der Waals surface area contributed by atoms with E-state index in [1.807, 2.05) is 64.4 Å². The zero-order chi connectivity index (χ0) is 61.5. The summed E-state index contributed by atoms with van der Waals surface area (Å²) < 4.78 is 4.97. The molecule has 7 aromatic carbocycles. The van der Waals surface area contributed by atoms with E-state index < -0.39 is 14.8 Å². The molecule has 0 spiro atoms. The van der Waals surface area contributed by atoms with Crippen molar-refractivity contribution in [3.05, 3.63) is 210 Å². The summed E-state index contributed by atoms with van der Waals surface area (Å²) in [5.41, 5.74) is 6.45. The van der Waals surface area contributed by atoms with E-state index in [0.29, 0.717) is 73.8 Å². The van der Waals surface area contributed by atoms with Crippen molar-refractivity contribution in [2.75, 3.05) is 60.6 Å². The number of Topliss-reactive ketones (excluding diaryl/α,β-unsaturated/α-hetero) is 1. The second kappa shape index (κ2) is 34.8. The standard InChI is InChI=1S/C24H21N5O3.C19H17Cl2N5O4.C17H20N4O2/c25-16-4-17-28(18-15-24(30)19-5-2-1-3-6-19)22-11-7-20(8-12-22)26-27-21-9-13-23(14-10-21)29(31)32;1-13(27)30-10-9-25(8-2-7-22)15-5-3-14(4-6-15)23-24-19-17(20)11-16(26(28)29)12-18(19)21;1-3-13-20(4-2)16-9-5-14(6-10-16)18-19-15-7-11-17(12-8-15)21(22)23/h1-3,5-14H,4,15,17-18H2;3-6,11-12H,2,8-10H2,1H3;5-12H,3-4,13H2,1-2H3. The Balaban J connectivity index is 0.000000236. The van der Waals surface area contributed by atoms with Gasteiger partial charge in [-0.25, -0.2) is 0 Å². The zero-order valence-corrected chi connectivity index (χ0v) is 48.1. The largest absolute Gasteiger partial charge is 0.464 e. The molecule has 85 heavy (non-hydrogen) atoms. The molecule has 0 unspecified atom stereocenters. The van der Waals surface area contributed by atoms with Crippen molar-refractivity contribution in [1.29, 1.82) is 10.5 Å². The molecule has 0 fully saturated rings. The van der Waals surface area contributed by atoms with Crippen LogP contribution in [0.3, 0.4) is 0 Å². The first-order chi connectivity index (χ1) is 41.0. The van der Waals surface area contributed by atoms with E-state index in [1.54, 1.807) is 60.7 Å². The topological polar surface area (TPSA) is 304 Å². The molecule has 0 aliphatic carbocycles. The number of rotatable bonds is 26. The third-order valence-electron chi connectivity index (χ3n) is 12.0. The Bertz CT molecular complexity index is 3490. The monoisotopic (exact) mass is 1190 g/mol. The highest BCUT2D eigenvalue weighted by atomic mass is 35.5. The Hall–Kier alpha value is -10.4. The second-order valence-corrected chi connectivity index (χ2v) is 18.8. The number of ketones is 1. The quantitative estimate of drug-likeness (QED) is 0.0160. The van der Waals surface area contributed by atoms with Gasteiger partial charge < -0.3 is 19.4 Å². The van der Waals surface area contributed by atoms with Gasteiger partial charge in [-0.2, -0.15) is 36.1 Å². The molecule has 0 radical (unpaired) electrons. The molecule has 0 N–H and O–H groups in total. The van der Waals surface area contributed by atoms with E-state index in [2.05, 4.69) is 61.6 Å². The van der Waals surface area contributed by atoms with Gasteiger partial charge in [-0.1, -0.05) is 60.5 Å². The lowest BCUT2D eigenvalue weighted by atomic mass is 10.1. The molecule has 7 aromatic rings. The van der Waals surface area contributed by atoms with Crippen LogP contribution in [0.4, 0.5) is 68.2 Å². The molecular formula is C60H58Cl2N14O9. The van der Waals surface area contributed by atoms with Gasteiger partial charge in [-0.05, 0) is 110 Å². The molecule has 0 saturated carbocycles. The lowest BCUT2D eigenvalue weighted by molar-refractivity contribution is -0.385. The molecule has 436 valence electrons. The number of halogens is 2. The van der Waals surface area contributed by atoms with Crippen LogP contribution < -0.4 is 14.7 Å². The summed E-state index contributed by atoms with van der Waals surface area (Å²) >= 11 is 12.0. The van der Waals surface area contributed by atoms with Crippen LogP contribution in [0.25, 0.3) is 0 Å². The minimum absolute atomic E-state index is 0.00323. The number of carbonyl (C=O) groups excluding carboxylic acids is 2. The van der Waals surface area contributed by atoms with E-state index in [1.165, 1.54) is 49.0 Å². The van der Waals surface area contributed by atoms with Gasteiger partial charge in [-0.15, -0.1) is 5.11 Å². The number of esters is 1. The number of nitriles is 2. The highest BCUT2D eigenvalue weighted by Crippen LogP contribution is 2.38. The number of anilines is 3. The van der Waals surface area contributed by atoms with Gasteiger partial charge in [0.25, 0.3) is 17.1 Å². The number of hydrogen-bond donors (Lipinski definition) is 0. The van der Waals surface area contributed by atoms with Gasteiger partial charge in [0.2, 0.25) is 0 Å². The first-order valence-corrected chi connectivity index (χ1v) is 27.2. The van der Waals surface area contributed by atoms with Gasteiger partial charge in [0.15, 0.2) is 5.78 Å². The minimum atomic E-state index is -0.600. The molecule has 7 rings (SSSR count). The summed E-state index contributed by atoms with van der Waals surface area (Å²) in [7, 11) is 0. The second-order valence-electron chi connectivity index (χ2n) is 18.0. The molecule has 0 aliphatic rings. The molecule has 0 amide bonds. The number of azo groups is 3. The van der Waals surface area contributed by atoms with Gasteiger partial charge in [0, 0.05) is 105 Å². The fourth-order valence-electron chi connectivity index (χ4n) is 7.72. The summed E-state index contributed by atoms with van der Waals surface area (Å²) in [6, 6.07) is 49.7. The summed E-state index contributed by atoms with van der Waals surface area (Å²) in [6.07, 6.45) is 2.12. The number of benzene rings is 7. The van der Waals surface area contributed by atoms with Crippen LogP contribution in [0.15, 0.2) is 194 Å². The summed E-state index contributed by atoms with van der Waals surface area (Å²) in [6.45, 7) is 9.78. The number of carbonyl (C=O) groups is 2. The van der Waals surface area contributed by atoms with E-state index in [4.69, 9.17) is 38.5 Å². The Labute approximate surface area is 500 Å². The average molecular weight is 1190 g/mol. The lowest BCUT2D eigenvalue weighted by Gasteiger charge is -2.23. The molecule has 0 aromatic heterocycles. The van der Waals surface area contributed by atoms with E-state index in [-0.39, 0.29) is 51.2 Å². The first-order valence-electron chi connectivity index (χ1n) is 26.4. The van der Waals surface area contributed by atoms with Crippen LogP contribution in [0, 0.1) is 53.0 Å². The van der Waals surface area contributed by atoms with Crippen LogP contribution >= 0.6 is 23.2 Å². The van der Waals surface area contributed by atoms with Crippen LogP contribution in [0.5, 0.6) is 0 Å². The molecule has 0 bridgehead atoms.